The SMILES string of the molecule is CCOc1ccc2nc(Nc3cccc(C)c3Br)sc2c1. The van der Waals surface area contributed by atoms with Gasteiger partial charge in [-0.25, -0.2) is 4.98 Å². The van der Waals surface area contributed by atoms with Gasteiger partial charge in [0.15, 0.2) is 5.13 Å². The minimum atomic E-state index is 0.672. The molecule has 0 saturated carbocycles. The maximum atomic E-state index is 5.53. The maximum absolute atomic E-state index is 5.53. The fraction of sp³-hybridized carbons (Fsp3) is 0.188. The summed E-state index contributed by atoms with van der Waals surface area (Å²) >= 11 is 5.23. The van der Waals surface area contributed by atoms with Crippen molar-refractivity contribution in [1.82, 2.24) is 4.98 Å². The third-order valence-corrected chi connectivity index (χ3v) is 5.09. The second-order valence-electron chi connectivity index (χ2n) is 4.64. The zero-order valence-electron chi connectivity index (χ0n) is 11.8. The van der Waals surface area contributed by atoms with Gasteiger partial charge in [-0.2, -0.15) is 0 Å². The number of fused-ring (bicyclic) bond motifs is 1. The number of aromatic nitrogens is 1. The summed E-state index contributed by atoms with van der Waals surface area (Å²) in [5.74, 6) is 0.886. The highest BCUT2D eigenvalue weighted by atomic mass is 79.9. The summed E-state index contributed by atoms with van der Waals surface area (Å²) < 4.78 is 7.71. The molecule has 21 heavy (non-hydrogen) atoms. The first-order chi connectivity index (χ1) is 10.2. The molecule has 0 spiro atoms. The van der Waals surface area contributed by atoms with E-state index in [9.17, 15) is 0 Å². The molecule has 0 radical (unpaired) electrons. The lowest BCUT2D eigenvalue weighted by Crippen LogP contribution is -1.91. The molecule has 0 bridgehead atoms. The van der Waals surface area contributed by atoms with Gasteiger partial charge in [-0.05, 0) is 59.6 Å². The predicted molar refractivity (Wildman–Crippen MR) is 93.0 cm³/mol. The van der Waals surface area contributed by atoms with E-state index in [1.807, 2.05) is 37.3 Å². The van der Waals surface area contributed by atoms with Crippen LogP contribution in [0.3, 0.4) is 0 Å². The van der Waals surface area contributed by atoms with Crippen LogP contribution in [0.5, 0.6) is 5.75 Å². The second kappa shape index (κ2) is 6.03. The molecular formula is C16H15BrN2OS. The van der Waals surface area contributed by atoms with Crippen LogP contribution in [0.15, 0.2) is 40.9 Å². The predicted octanol–water partition coefficient (Wildman–Crippen LogP) is 5.51. The molecule has 108 valence electrons. The number of rotatable bonds is 4. The van der Waals surface area contributed by atoms with Gasteiger partial charge in [0.1, 0.15) is 5.75 Å². The Kier molecular flexibility index (Phi) is 4.12. The van der Waals surface area contributed by atoms with E-state index in [-0.39, 0.29) is 0 Å². The first kappa shape index (κ1) is 14.4. The first-order valence-corrected chi connectivity index (χ1v) is 8.34. The second-order valence-corrected chi connectivity index (χ2v) is 6.47. The van der Waals surface area contributed by atoms with Crippen LogP contribution in [0.2, 0.25) is 0 Å². The van der Waals surface area contributed by atoms with Gasteiger partial charge in [-0.3, -0.25) is 0 Å². The number of benzene rings is 2. The minimum absolute atomic E-state index is 0.672. The van der Waals surface area contributed by atoms with Gasteiger partial charge in [-0.1, -0.05) is 23.5 Å². The van der Waals surface area contributed by atoms with Crippen LogP contribution in [-0.4, -0.2) is 11.6 Å². The third-order valence-electron chi connectivity index (χ3n) is 3.10. The Balaban J connectivity index is 1.92. The van der Waals surface area contributed by atoms with Crippen molar-refractivity contribution in [2.75, 3.05) is 11.9 Å². The summed E-state index contributed by atoms with van der Waals surface area (Å²) in [5.41, 5.74) is 3.20. The number of nitrogens with one attached hydrogen (secondary N) is 1. The van der Waals surface area contributed by atoms with Crippen LogP contribution in [0.4, 0.5) is 10.8 Å². The van der Waals surface area contributed by atoms with Gasteiger partial charge < -0.3 is 10.1 Å². The monoisotopic (exact) mass is 362 g/mol. The molecule has 1 aromatic heterocycles. The van der Waals surface area contributed by atoms with Crippen LogP contribution in [0.25, 0.3) is 10.2 Å². The molecule has 0 unspecified atom stereocenters. The number of anilines is 2. The number of hydrogen-bond donors (Lipinski definition) is 1. The average molecular weight is 363 g/mol. The molecule has 0 atom stereocenters. The number of ether oxygens (including phenoxy) is 1. The van der Waals surface area contributed by atoms with Gasteiger partial charge in [0.2, 0.25) is 0 Å². The largest absolute Gasteiger partial charge is 0.494 e. The molecular weight excluding hydrogens is 348 g/mol. The summed E-state index contributed by atoms with van der Waals surface area (Å²) in [6.45, 7) is 4.73. The van der Waals surface area contributed by atoms with Gasteiger partial charge in [-0.15, -0.1) is 0 Å². The van der Waals surface area contributed by atoms with Crippen molar-refractivity contribution < 1.29 is 4.74 Å². The molecule has 3 rings (SSSR count). The molecule has 5 heteroatoms. The van der Waals surface area contributed by atoms with Crippen molar-refractivity contribution in [3.63, 3.8) is 0 Å². The standard InChI is InChI=1S/C16H15BrN2OS/c1-3-20-11-7-8-12-14(9-11)21-16(18-12)19-13-6-4-5-10(2)15(13)17/h4-9H,3H2,1-2H3,(H,18,19). The molecule has 0 aliphatic heterocycles. The van der Waals surface area contributed by atoms with Crippen LogP contribution < -0.4 is 10.1 Å². The maximum Gasteiger partial charge on any atom is 0.188 e. The Morgan fingerprint density at radius 1 is 1.29 bits per heavy atom. The van der Waals surface area contributed by atoms with Crippen molar-refractivity contribution >= 4 is 48.3 Å². The van der Waals surface area contributed by atoms with Crippen LogP contribution in [0, 0.1) is 6.92 Å². The van der Waals surface area contributed by atoms with E-state index < -0.39 is 0 Å². The Morgan fingerprint density at radius 2 is 2.14 bits per heavy atom. The molecule has 1 N–H and O–H groups in total. The zero-order chi connectivity index (χ0) is 14.8. The van der Waals surface area contributed by atoms with Crippen molar-refractivity contribution in [3.8, 4) is 5.75 Å². The summed E-state index contributed by atoms with van der Waals surface area (Å²) in [6, 6.07) is 12.1. The van der Waals surface area contributed by atoms with Gasteiger partial charge in [0.25, 0.3) is 0 Å². The minimum Gasteiger partial charge on any atom is -0.494 e. The molecule has 0 fully saturated rings. The van der Waals surface area contributed by atoms with Gasteiger partial charge in [0.05, 0.1) is 22.5 Å². The van der Waals surface area contributed by atoms with E-state index in [2.05, 4.69) is 39.2 Å². The fourth-order valence-electron chi connectivity index (χ4n) is 2.07. The van der Waals surface area contributed by atoms with E-state index >= 15 is 0 Å². The average Bonchev–Trinajstić information content (AvgIpc) is 2.86. The lowest BCUT2D eigenvalue weighted by Gasteiger charge is -2.07. The highest BCUT2D eigenvalue weighted by Gasteiger charge is 2.08. The molecule has 0 amide bonds. The number of aryl methyl sites for hydroxylation is 1. The summed E-state index contributed by atoms with van der Waals surface area (Å²) in [7, 11) is 0. The van der Waals surface area contributed by atoms with Crippen molar-refractivity contribution in [2.45, 2.75) is 13.8 Å². The highest BCUT2D eigenvalue weighted by Crippen LogP contribution is 2.34. The fourth-order valence-corrected chi connectivity index (χ4v) is 3.34. The molecule has 3 aromatic rings. The molecule has 2 aromatic carbocycles. The van der Waals surface area contributed by atoms with E-state index in [1.54, 1.807) is 11.3 Å². The van der Waals surface area contributed by atoms with Crippen molar-refractivity contribution in [1.29, 1.82) is 0 Å². The van der Waals surface area contributed by atoms with E-state index in [4.69, 9.17) is 4.74 Å². The first-order valence-electron chi connectivity index (χ1n) is 6.73. The highest BCUT2D eigenvalue weighted by molar-refractivity contribution is 9.10. The lowest BCUT2D eigenvalue weighted by atomic mass is 10.2. The Morgan fingerprint density at radius 3 is 2.95 bits per heavy atom. The Bertz CT molecular complexity index is 785. The summed E-state index contributed by atoms with van der Waals surface area (Å²) in [4.78, 5) is 4.61. The number of hydrogen-bond acceptors (Lipinski definition) is 4. The van der Waals surface area contributed by atoms with Crippen molar-refractivity contribution in [3.05, 3.63) is 46.4 Å². The molecule has 1 heterocycles. The normalized spacial score (nSPS) is 10.8. The lowest BCUT2D eigenvalue weighted by molar-refractivity contribution is 0.341. The summed E-state index contributed by atoms with van der Waals surface area (Å²) in [5, 5.41) is 4.25. The number of thiazole rings is 1. The Labute approximate surface area is 136 Å². The Hall–Kier alpha value is -1.59. The quantitative estimate of drug-likeness (QED) is 0.664. The topological polar surface area (TPSA) is 34.1 Å². The number of halogens is 1. The summed E-state index contributed by atoms with van der Waals surface area (Å²) in [6.07, 6.45) is 0. The van der Waals surface area contributed by atoms with Crippen molar-refractivity contribution in [2.24, 2.45) is 0 Å². The van der Waals surface area contributed by atoms with Gasteiger partial charge >= 0.3 is 0 Å². The van der Waals surface area contributed by atoms with Crippen LogP contribution in [0.1, 0.15) is 12.5 Å². The molecule has 3 nitrogen and oxygen atoms in total. The smallest absolute Gasteiger partial charge is 0.188 e. The van der Waals surface area contributed by atoms with Crippen LogP contribution >= 0.6 is 27.3 Å². The van der Waals surface area contributed by atoms with E-state index in [0.717, 1.165) is 31.3 Å². The molecule has 0 aliphatic rings. The molecule has 0 aliphatic carbocycles. The van der Waals surface area contributed by atoms with E-state index in [1.165, 1.54) is 5.56 Å². The van der Waals surface area contributed by atoms with E-state index in [0.29, 0.717) is 6.61 Å². The third kappa shape index (κ3) is 3.04. The number of nitrogens with zero attached hydrogens (tertiary/aromatic N) is 1. The van der Waals surface area contributed by atoms with Crippen LogP contribution in [-0.2, 0) is 0 Å². The molecule has 0 saturated heterocycles. The zero-order valence-corrected chi connectivity index (χ0v) is 14.2. The van der Waals surface area contributed by atoms with Gasteiger partial charge in [0, 0.05) is 4.47 Å².